The largest absolute Gasteiger partial charge is 0.378 e. The van der Waals surface area contributed by atoms with Gasteiger partial charge in [-0.25, -0.2) is 4.98 Å². The maximum absolute atomic E-state index is 10.4. The summed E-state index contributed by atoms with van der Waals surface area (Å²) in [5.41, 5.74) is 9.93. The molecule has 8 nitrogen and oxygen atoms in total. The number of nitrogens with zero attached hydrogens (tertiary/aromatic N) is 2. The molecule has 0 saturated heterocycles. The number of hydrogen-bond donors (Lipinski definition) is 3. The van der Waals surface area contributed by atoms with Gasteiger partial charge in [-0.2, -0.15) is 0 Å². The zero-order chi connectivity index (χ0) is 11.4. The minimum absolute atomic E-state index is 0.107. The van der Waals surface area contributed by atoms with E-state index in [4.69, 9.17) is 11.5 Å². The van der Waals surface area contributed by atoms with Gasteiger partial charge in [0.1, 0.15) is 5.82 Å². The third-order valence-corrected chi connectivity index (χ3v) is 1.54. The number of primary amides is 1. The predicted octanol–water partition coefficient (Wildman–Crippen LogP) is -0.531. The molecule has 0 aliphatic heterocycles. The summed E-state index contributed by atoms with van der Waals surface area (Å²) in [4.78, 5) is 23.9. The van der Waals surface area contributed by atoms with Crippen LogP contribution in [-0.2, 0) is 4.79 Å². The molecular weight excluding hydrogens is 202 g/mol. The van der Waals surface area contributed by atoms with Crippen molar-refractivity contribution in [2.24, 2.45) is 5.73 Å². The molecule has 1 heterocycles. The van der Waals surface area contributed by atoms with Crippen LogP contribution in [0.1, 0.15) is 0 Å². The van der Waals surface area contributed by atoms with Gasteiger partial charge in [0.05, 0.1) is 11.5 Å². The van der Waals surface area contributed by atoms with Crippen LogP contribution in [0.2, 0.25) is 0 Å². The van der Waals surface area contributed by atoms with Crippen LogP contribution in [0.5, 0.6) is 0 Å². The van der Waals surface area contributed by atoms with Crippen molar-refractivity contribution >= 4 is 23.2 Å². The van der Waals surface area contributed by atoms with Crippen molar-refractivity contribution in [2.75, 3.05) is 17.6 Å². The van der Waals surface area contributed by atoms with Crippen LogP contribution in [0.25, 0.3) is 0 Å². The molecule has 0 saturated carbocycles. The number of amides is 1. The molecule has 0 aromatic carbocycles. The summed E-state index contributed by atoms with van der Waals surface area (Å²) in [5.74, 6) is -0.514. The van der Waals surface area contributed by atoms with Crippen LogP contribution in [-0.4, -0.2) is 22.4 Å². The molecular formula is C7H9N5O3. The van der Waals surface area contributed by atoms with E-state index in [0.29, 0.717) is 0 Å². The van der Waals surface area contributed by atoms with Crippen molar-refractivity contribution in [1.82, 2.24) is 4.98 Å². The normalized spacial score (nSPS) is 9.60. The Labute approximate surface area is 84.4 Å². The van der Waals surface area contributed by atoms with Crippen molar-refractivity contribution in [3.63, 3.8) is 0 Å². The maximum atomic E-state index is 10.4. The van der Waals surface area contributed by atoms with E-state index in [-0.39, 0.29) is 23.9 Å². The second kappa shape index (κ2) is 4.22. The van der Waals surface area contributed by atoms with Crippen molar-refractivity contribution in [3.05, 3.63) is 22.2 Å². The summed E-state index contributed by atoms with van der Waals surface area (Å²) in [5, 5.41) is 13.0. The smallest absolute Gasteiger partial charge is 0.311 e. The number of anilines is 2. The summed E-state index contributed by atoms with van der Waals surface area (Å²) in [6, 6.07) is 2.54. The highest BCUT2D eigenvalue weighted by Gasteiger charge is 2.12. The van der Waals surface area contributed by atoms with Gasteiger partial charge >= 0.3 is 5.69 Å². The molecule has 15 heavy (non-hydrogen) atoms. The number of rotatable bonds is 4. The molecule has 0 atom stereocenters. The van der Waals surface area contributed by atoms with Crippen LogP contribution in [0.4, 0.5) is 17.3 Å². The summed E-state index contributed by atoms with van der Waals surface area (Å²) >= 11 is 0. The van der Waals surface area contributed by atoms with Gasteiger partial charge < -0.3 is 16.8 Å². The second-order valence-electron chi connectivity index (χ2n) is 2.68. The predicted molar refractivity (Wildman–Crippen MR) is 53.0 cm³/mol. The van der Waals surface area contributed by atoms with Crippen molar-refractivity contribution in [3.8, 4) is 0 Å². The third kappa shape index (κ3) is 2.79. The second-order valence-corrected chi connectivity index (χ2v) is 2.68. The maximum Gasteiger partial charge on any atom is 0.311 e. The van der Waals surface area contributed by atoms with Crippen LogP contribution in [0.3, 0.4) is 0 Å². The Kier molecular flexibility index (Phi) is 3.01. The number of nitrogen functional groups attached to an aromatic ring is 1. The fourth-order valence-electron chi connectivity index (χ4n) is 0.898. The molecule has 1 aromatic heterocycles. The van der Waals surface area contributed by atoms with E-state index in [1.54, 1.807) is 0 Å². The topological polar surface area (TPSA) is 137 Å². The highest BCUT2D eigenvalue weighted by atomic mass is 16.6. The number of nitrogens with one attached hydrogen (secondary N) is 1. The molecule has 0 bridgehead atoms. The average Bonchev–Trinajstić information content (AvgIpc) is 2.14. The van der Waals surface area contributed by atoms with Crippen molar-refractivity contribution in [2.45, 2.75) is 0 Å². The summed E-state index contributed by atoms with van der Waals surface area (Å²) < 4.78 is 0. The first-order valence-electron chi connectivity index (χ1n) is 3.94. The zero-order valence-corrected chi connectivity index (χ0v) is 7.64. The van der Waals surface area contributed by atoms with Gasteiger partial charge in [0, 0.05) is 6.07 Å². The molecule has 0 aliphatic carbocycles. The Balaban J connectivity index is 2.82. The molecule has 0 spiro atoms. The minimum Gasteiger partial charge on any atom is -0.378 e. The van der Waals surface area contributed by atoms with Gasteiger partial charge in [0.25, 0.3) is 0 Å². The molecule has 0 radical (unpaired) electrons. The quantitative estimate of drug-likeness (QED) is 0.452. The van der Waals surface area contributed by atoms with E-state index in [1.165, 1.54) is 12.1 Å². The highest BCUT2D eigenvalue weighted by Crippen LogP contribution is 2.20. The lowest BCUT2D eigenvalue weighted by Crippen LogP contribution is -2.22. The SMILES string of the molecule is NC(=O)CNc1ccc([N+](=O)[O-])c(N)n1. The van der Waals surface area contributed by atoms with Crippen LogP contribution >= 0.6 is 0 Å². The number of hydrogen-bond acceptors (Lipinski definition) is 6. The van der Waals surface area contributed by atoms with Gasteiger partial charge in [0.15, 0.2) is 0 Å². The number of pyridine rings is 1. The van der Waals surface area contributed by atoms with E-state index in [1.807, 2.05) is 0 Å². The number of aromatic nitrogens is 1. The third-order valence-electron chi connectivity index (χ3n) is 1.54. The number of nitrogens with two attached hydrogens (primary N) is 2. The minimum atomic E-state index is -0.639. The Hall–Kier alpha value is -2.38. The van der Waals surface area contributed by atoms with E-state index in [2.05, 4.69) is 10.3 Å². The lowest BCUT2D eigenvalue weighted by atomic mass is 10.4. The Morgan fingerprint density at radius 1 is 1.60 bits per heavy atom. The van der Waals surface area contributed by atoms with E-state index < -0.39 is 10.8 Å². The van der Waals surface area contributed by atoms with E-state index in [9.17, 15) is 14.9 Å². The molecule has 5 N–H and O–H groups in total. The van der Waals surface area contributed by atoms with Crippen molar-refractivity contribution in [1.29, 1.82) is 0 Å². The number of carbonyl (C=O) groups is 1. The first-order valence-corrected chi connectivity index (χ1v) is 3.94. The van der Waals surface area contributed by atoms with E-state index in [0.717, 1.165) is 0 Å². The first kappa shape index (κ1) is 10.7. The molecule has 0 unspecified atom stereocenters. The first-order chi connectivity index (χ1) is 7.00. The van der Waals surface area contributed by atoms with Gasteiger partial charge in [0.2, 0.25) is 11.7 Å². The van der Waals surface area contributed by atoms with Gasteiger partial charge in [-0.05, 0) is 6.07 Å². The van der Waals surface area contributed by atoms with Gasteiger partial charge in [-0.15, -0.1) is 0 Å². The summed E-state index contributed by atoms with van der Waals surface area (Å²) in [6.07, 6.45) is 0. The Morgan fingerprint density at radius 3 is 2.73 bits per heavy atom. The molecule has 8 heteroatoms. The molecule has 0 aliphatic rings. The summed E-state index contributed by atoms with van der Waals surface area (Å²) in [7, 11) is 0. The van der Waals surface area contributed by atoms with Crippen LogP contribution in [0.15, 0.2) is 12.1 Å². The monoisotopic (exact) mass is 211 g/mol. The van der Waals surface area contributed by atoms with Crippen molar-refractivity contribution < 1.29 is 9.72 Å². The fraction of sp³-hybridized carbons (Fsp3) is 0.143. The molecule has 0 fully saturated rings. The van der Waals surface area contributed by atoms with Gasteiger partial charge in [-0.3, -0.25) is 14.9 Å². The Morgan fingerprint density at radius 2 is 2.27 bits per heavy atom. The Bertz CT molecular complexity index is 406. The van der Waals surface area contributed by atoms with Crippen LogP contribution in [0, 0.1) is 10.1 Å². The van der Waals surface area contributed by atoms with Gasteiger partial charge in [-0.1, -0.05) is 0 Å². The number of carbonyl (C=O) groups excluding carboxylic acids is 1. The molecule has 1 amide bonds. The fourth-order valence-corrected chi connectivity index (χ4v) is 0.898. The lowest BCUT2D eigenvalue weighted by Gasteiger charge is -2.03. The van der Waals surface area contributed by atoms with E-state index >= 15 is 0 Å². The lowest BCUT2D eigenvalue weighted by molar-refractivity contribution is -0.384. The van der Waals surface area contributed by atoms with Crippen LogP contribution < -0.4 is 16.8 Å². The standard InChI is InChI=1S/C7H9N5O3/c8-5(13)3-10-6-2-1-4(12(14)15)7(9)11-6/h1-2H,3H2,(H2,8,13)(H3,9,10,11). The molecule has 1 aromatic rings. The molecule has 80 valence electrons. The highest BCUT2D eigenvalue weighted by molar-refractivity contribution is 5.78. The number of nitro groups is 1. The molecule has 1 rings (SSSR count). The zero-order valence-electron chi connectivity index (χ0n) is 7.64. The summed E-state index contributed by atoms with van der Waals surface area (Å²) in [6.45, 7) is -0.107. The average molecular weight is 211 g/mol.